The van der Waals surface area contributed by atoms with Crippen LogP contribution < -0.4 is 11.1 Å². The number of hydrogen-bond donors (Lipinski definition) is 3. The molecule has 0 aliphatic rings. The first kappa shape index (κ1) is 11.8. The van der Waals surface area contributed by atoms with E-state index in [0.717, 1.165) is 10.2 Å². The van der Waals surface area contributed by atoms with E-state index in [1.54, 1.807) is 0 Å². The van der Waals surface area contributed by atoms with Crippen molar-refractivity contribution >= 4 is 27.5 Å². The number of nitrogens with zero attached hydrogens (tertiary/aromatic N) is 1. The lowest BCUT2D eigenvalue weighted by Crippen LogP contribution is -2.16. The molecular weight excluding hydrogens is 258 g/mol. The topological polar surface area (TPSA) is 70.6 Å². The fourth-order valence-electron chi connectivity index (χ4n) is 1.09. The maximum atomic E-state index is 8.34. The van der Waals surface area contributed by atoms with Crippen LogP contribution in [0.4, 0.5) is 5.69 Å². The molecule has 1 rings (SSSR count). The summed E-state index contributed by atoms with van der Waals surface area (Å²) < 4.78 is 1.07. The number of halogens is 1. The second kappa shape index (κ2) is 5.60. The molecule has 0 heterocycles. The summed E-state index contributed by atoms with van der Waals surface area (Å²) in [6.07, 6.45) is 0.516. The van der Waals surface area contributed by atoms with Crippen LogP contribution >= 0.6 is 15.9 Å². The first-order valence-electron chi connectivity index (χ1n) is 4.60. The van der Waals surface area contributed by atoms with Crippen LogP contribution in [-0.2, 0) is 0 Å². The van der Waals surface area contributed by atoms with Crippen molar-refractivity contribution < 1.29 is 5.21 Å². The first-order chi connectivity index (χ1) is 7.13. The molecule has 0 spiro atoms. The Morgan fingerprint density at radius 3 is 2.93 bits per heavy atom. The van der Waals surface area contributed by atoms with Gasteiger partial charge in [0.05, 0.1) is 0 Å². The molecule has 4 N–H and O–H groups in total. The van der Waals surface area contributed by atoms with E-state index in [2.05, 4.69) is 26.4 Å². The smallest absolute Gasteiger partial charge is 0.140 e. The summed E-state index contributed by atoms with van der Waals surface area (Å²) in [7, 11) is 0. The molecule has 0 atom stereocenters. The van der Waals surface area contributed by atoms with Crippen molar-refractivity contribution in [3.63, 3.8) is 0 Å². The minimum absolute atomic E-state index is 0.230. The zero-order valence-electron chi connectivity index (χ0n) is 8.50. The molecular formula is C10H14BrN3O. The predicted molar refractivity (Wildman–Crippen MR) is 65.4 cm³/mol. The minimum Gasteiger partial charge on any atom is -0.409 e. The van der Waals surface area contributed by atoms with Crippen LogP contribution in [0, 0.1) is 6.92 Å². The third-order valence-corrected chi connectivity index (χ3v) is 2.86. The van der Waals surface area contributed by atoms with Gasteiger partial charge in [-0.05, 0) is 24.6 Å². The standard InChI is InChI=1S/C10H14BrN3O/c1-7-2-3-8(6-9(7)11)13-5-4-10(12)14-15/h2-3,6,13,15H,4-5H2,1H3,(H2,12,14). The summed E-state index contributed by atoms with van der Waals surface area (Å²) >= 11 is 3.45. The molecule has 0 saturated heterocycles. The van der Waals surface area contributed by atoms with Crippen molar-refractivity contribution in [3.8, 4) is 0 Å². The lowest BCUT2D eigenvalue weighted by Gasteiger charge is -2.07. The number of nitrogens with two attached hydrogens (primary N) is 1. The van der Waals surface area contributed by atoms with E-state index in [1.165, 1.54) is 5.56 Å². The molecule has 5 heteroatoms. The van der Waals surface area contributed by atoms with Gasteiger partial charge in [0.1, 0.15) is 5.84 Å². The van der Waals surface area contributed by atoms with Crippen LogP contribution in [0.5, 0.6) is 0 Å². The van der Waals surface area contributed by atoms with Gasteiger partial charge >= 0.3 is 0 Å². The molecule has 0 radical (unpaired) electrons. The average molecular weight is 272 g/mol. The van der Waals surface area contributed by atoms with Gasteiger partial charge in [0.2, 0.25) is 0 Å². The normalized spacial score (nSPS) is 11.5. The maximum Gasteiger partial charge on any atom is 0.140 e. The maximum absolute atomic E-state index is 8.34. The fourth-order valence-corrected chi connectivity index (χ4v) is 1.47. The molecule has 0 saturated carbocycles. The molecule has 1 aromatic carbocycles. The minimum atomic E-state index is 0.230. The van der Waals surface area contributed by atoms with Gasteiger partial charge in [-0.15, -0.1) is 0 Å². The summed E-state index contributed by atoms with van der Waals surface area (Å²) in [5.74, 6) is 0.230. The van der Waals surface area contributed by atoms with E-state index in [0.29, 0.717) is 13.0 Å². The highest BCUT2D eigenvalue weighted by Crippen LogP contribution is 2.20. The Balaban J connectivity index is 2.48. The quantitative estimate of drug-likeness (QED) is 0.341. The van der Waals surface area contributed by atoms with Gasteiger partial charge < -0.3 is 16.3 Å². The van der Waals surface area contributed by atoms with E-state index in [1.807, 2.05) is 25.1 Å². The molecule has 0 amide bonds. The molecule has 0 aliphatic heterocycles. The largest absolute Gasteiger partial charge is 0.409 e. The zero-order chi connectivity index (χ0) is 11.3. The third kappa shape index (κ3) is 3.79. The van der Waals surface area contributed by atoms with Crippen LogP contribution in [0.1, 0.15) is 12.0 Å². The highest BCUT2D eigenvalue weighted by atomic mass is 79.9. The zero-order valence-corrected chi connectivity index (χ0v) is 10.1. The Morgan fingerprint density at radius 1 is 1.60 bits per heavy atom. The van der Waals surface area contributed by atoms with Crippen LogP contribution in [0.15, 0.2) is 27.8 Å². The van der Waals surface area contributed by atoms with Gasteiger partial charge in [-0.1, -0.05) is 27.2 Å². The summed E-state index contributed by atoms with van der Waals surface area (Å²) in [6.45, 7) is 2.68. The van der Waals surface area contributed by atoms with E-state index in [-0.39, 0.29) is 5.84 Å². The van der Waals surface area contributed by atoms with E-state index in [9.17, 15) is 0 Å². The molecule has 0 fully saturated rings. The van der Waals surface area contributed by atoms with Crippen LogP contribution in [-0.4, -0.2) is 17.6 Å². The van der Waals surface area contributed by atoms with Crippen LogP contribution in [0.2, 0.25) is 0 Å². The lowest BCUT2D eigenvalue weighted by atomic mass is 10.2. The number of rotatable bonds is 4. The number of amidine groups is 1. The van der Waals surface area contributed by atoms with Gasteiger partial charge in [0, 0.05) is 23.1 Å². The van der Waals surface area contributed by atoms with Crippen molar-refractivity contribution in [1.82, 2.24) is 0 Å². The summed E-state index contributed by atoms with van der Waals surface area (Å²) in [4.78, 5) is 0. The summed E-state index contributed by atoms with van der Waals surface area (Å²) in [5.41, 5.74) is 7.55. The Kier molecular flexibility index (Phi) is 4.42. The van der Waals surface area contributed by atoms with Crippen molar-refractivity contribution in [3.05, 3.63) is 28.2 Å². The molecule has 82 valence electrons. The Morgan fingerprint density at radius 2 is 2.33 bits per heavy atom. The highest BCUT2D eigenvalue weighted by Gasteiger charge is 1.97. The van der Waals surface area contributed by atoms with Crippen molar-refractivity contribution in [2.45, 2.75) is 13.3 Å². The third-order valence-electron chi connectivity index (χ3n) is 2.01. The second-order valence-electron chi connectivity index (χ2n) is 3.23. The molecule has 4 nitrogen and oxygen atoms in total. The monoisotopic (exact) mass is 271 g/mol. The number of nitrogens with one attached hydrogen (secondary N) is 1. The lowest BCUT2D eigenvalue weighted by molar-refractivity contribution is 0.317. The second-order valence-corrected chi connectivity index (χ2v) is 4.09. The molecule has 1 aromatic rings. The van der Waals surface area contributed by atoms with Gasteiger partial charge in [-0.25, -0.2) is 0 Å². The van der Waals surface area contributed by atoms with Crippen molar-refractivity contribution in [2.24, 2.45) is 10.9 Å². The number of hydrogen-bond acceptors (Lipinski definition) is 3. The van der Waals surface area contributed by atoms with Crippen LogP contribution in [0.25, 0.3) is 0 Å². The van der Waals surface area contributed by atoms with Crippen molar-refractivity contribution in [1.29, 1.82) is 0 Å². The fraction of sp³-hybridized carbons (Fsp3) is 0.300. The predicted octanol–water partition coefficient (Wildman–Crippen LogP) is 2.31. The Bertz CT molecular complexity index is 366. The number of benzene rings is 1. The number of aryl methyl sites for hydroxylation is 1. The Labute approximate surface area is 97.3 Å². The van der Waals surface area contributed by atoms with Crippen molar-refractivity contribution in [2.75, 3.05) is 11.9 Å². The molecule has 0 aliphatic carbocycles. The number of anilines is 1. The summed E-state index contributed by atoms with van der Waals surface area (Å²) in [6, 6.07) is 6.02. The SMILES string of the molecule is Cc1ccc(NCCC(N)=NO)cc1Br. The van der Waals surface area contributed by atoms with Crippen LogP contribution in [0.3, 0.4) is 0 Å². The van der Waals surface area contributed by atoms with Gasteiger partial charge in [0.15, 0.2) is 0 Å². The van der Waals surface area contributed by atoms with E-state index in [4.69, 9.17) is 10.9 Å². The number of oxime groups is 1. The molecule has 0 aromatic heterocycles. The average Bonchev–Trinajstić information content (AvgIpc) is 2.23. The van der Waals surface area contributed by atoms with E-state index >= 15 is 0 Å². The van der Waals surface area contributed by atoms with Gasteiger partial charge in [-0.2, -0.15) is 0 Å². The summed E-state index contributed by atoms with van der Waals surface area (Å²) in [5, 5.41) is 14.4. The first-order valence-corrected chi connectivity index (χ1v) is 5.39. The molecule has 0 bridgehead atoms. The van der Waals surface area contributed by atoms with E-state index < -0.39 is 0 Å². The Hall–Kier alpha value is -1.23. The molecule has 15 heavy (non-hydrogen) atoms. The molecule has 0 unspecified atom stereocenters. The van der Waals surface area contributed by atoms with Gasteiger partial charge in [0.25, 0.3) is 0 Å². The van der Waals surface area contributed by atoms with Gasteiger partial charge in [-0.3, -0.25) is 0 Å². The highest BCUT2D eigenvalue weighted by molar-refractivity contribution is 9.10.